The van der Waals surface area contributed by atoms with Crippen molar-refractivity contribution in [3.05, 3.63) is 44.9 Å². The van der Waals surface area contributed by atoms with Crippen molar-refractivity contribution in [3.63, 3.8) is 0 Å². The number of thioether (sulfide) groups is 1. The second kappa shape index (κ2) is 7.41. The minimum absolute atomic E-state index is 0.147. The van der Waals surface area contributed by atoms with Crippen molar-refractivity contribution in [1.29, 1.82) is 0 Å². The van der Waals surface area contributed by atoms with Crippen molar-refractivity contribution in [3.8, 4) is 5.75 Å². The number of carbonyl (C=O) groups is 1. The van der Waals surface area contributed by atoms with E-state index in [0.717, 1.165) is 44.8 Å². The molecule has 2 aromatic rings. The van der Waals surface area contributed by atoms with Crippen LogP contribution in [0.3, 0.4) is 0 Å². The Morgan fingerprint density at radius 2 is 2.23 bits per heavy atom. The summed E-state index contributed by atoms with van der Waals surface area (Å²) in [6, 6.07) is 1.91. The van der Waals surface area contributed by atoms with E-state index in [4.69, 9.17) is 9.57 Å². The zero-order chi connectivity index (χ0) is 18.8. The number of oxime groups is 1. The molecule has 0 saturated heterocycles. The first-order valence-electron chi connectivity index (χ1n) is 8.35. The number of benzene rings is 1. The molecule has 0 bridgehead atoms. The Balaban J connectivity index is 2.01. The molecule has 0 atom stereocenters. The highest BCUT2D eigenvalue weighted by atomic mass is 32.2. The van der Waals surface area contributed by atoms with Crippen molar-refractivity contribution in [2.75, 3.05) is 13.7 Å². The molecule has 0 radical (unpaired) electrons. The summed E-state index contributed by atoms with van der Waals surface area (Å²) in [4.78, 5) is 30.6. The van der Waals surface area contributed by atoms with Crippen molar-refractivity contribution < 1.29 is 14.4 Å². The number of aromatic nitrogens is 2. The fraction of sp³-hybridized carbons (Fsp3) is 0.389. The molecule has 1 N–H and O–H groups in total. The molecule has 1 aromatic heterocycles. The van der Waals surface area contributed by atoms with E-state index in [-0.39, 0.29) is 16.2 Å². The maximum atomic E-state index is 12.6. The number of nitrogens with one attached hydrogen (secondary N) is 1. The maximum Gasteiger partial charge on any atom is 0.278 e. The number of aryl methyl sites for hydroxylation is 2. The predicted octanol–water partition coefficient (Wildman–Crippen LogP) is 2.88. The fourth-order valence-electron chi connectivity index (χ4n) is 3.02. The molecule has 138 valence electrons. The summed E-state index contributed by atoms with van der Waals surface area (Å²) in [7, 11) is 1.51. The third-order valence-electron chi connectivity index (χ3n) is 4.33. The molecule has 2 heterocycles. The number of nitrogens with zero attached hydrogens (tertiary/aromatic N) is 2. The summed E-state index contributed by atoms with van der Waals surface area (Å²) in [5.41, 5.74) is 3.33. The van der Waals surface area contributed by atoms with Crippen LogP contribution in [0.5, 0.6) is 5.75 Å². The molecule has 26 heavy (non-hydrogen) atoms. The van der Waals surface area contributed by atoms with Crippen LogP contribution in [0.15, 0.2) is 27.1 Å². The van der Waals surface area contributed by atoms with Gasteiger partial charge in [-0.15, -0.1) is 0 Å². The van der Waals surface area contributed by atoms with Crippen molar-refractivity contribution in [2.45, 2.75) is 38.6 Å². The smallest absolute Gasteiger partial charge is 0.278 e. The topological polar surface area (TPSA) is 85.7 Å². The second-order valence-electron chi connectivity index (χ2n) is 5.97. The van der Waals surface area contributed by atoms with Crippen molar-refractivity contribution in [1.82, 2.24) is 9.78 Å². The number of hydrogen-bond acceptors (Lipinski definition) is 6. The number of hydrogen-bond donors (Lipinski definition) is 1. The van der Waals surface area contributed by atoms with E-state index in [1.807, 2.05) is 26.8 Å². The zero-order valence-electron chi connectivity index (χ0n) is 15.2. The molecule has 0 fully saturated rings. The molecule has 0 amide bonds. The summed E-state index contributed by atoms with van der Waals surface area (Å²) in [5, 5.41) is 6.63. The molecule has 8 heteroatoms. The van der Waals surface area contributed by atoms with Gasteiger partial charge >= 0.3 is 0 Å². The van der Waals surface area contributed by atoms with Gasteiger partial charge in [0.05, 0.1) is 12.3 Å². The Labute approximate surface area is 155 Å². The Bertz CT molecular complexity index is 943. The number of rotatable bonds is 4. The van der Waals surface area contributed by atoms with Gasteiger partial charge in [-0.05, 0) is 49.7 Å². The van der Waals surface area contributed by atoms with Gasteiger partial charge in [0.1, 0.15) is 18.4 Å². The highest BCUT2D eigenvalue weighted by Gasteiger charge is 2.25. The van der Waals surface area contributed by atoms with Crippen LogP contribution in [0.4, 0.5) is 0 Å². The molecule has 0 saturated carbocycles. The van der Waals surface area contributed by atoms with E-state index in [9.17, 15) is 9.59 Å². The molecule has 3 rings (SSSR count). The van der Waals surface area contributed by atoms with Crippen LogP contribution in [0.25, 0.3) is 0 Å². The number of fused-ring (bicyclic) bond motifs is 1. The lowest BCUT2D eigenvalue weighted by molar-refractivity contribution is 0.108. The molecule has 0 spiro atoms. The number of ether oxygens (including phenoxy) is 1. The second-order valence-corrected chi connectivity index (χ2v) is 6.98. The number of aromatic amines is 1. The first-order chi connectivity index (χ1) is 12.5. The number of carbonyl (C=O) groups excluding carboxylic acids is 1. The summed E-state index contributed by atoms with van der Waals surface area (Å²) >= 11 is 1.04. The minimum atomic E-state index is -0.303. The first kappa shape index (κ1) is 18.3. The zero-order valence-corrected chi connectivity index (χ0v) is 16.0. The summed E-state index contributed by atoms with van der Waals surface area (Å²) in [6.07, 6.45) is 2.10. The highest BCUT2D eigenvalue weighted by Crippen LogP contribution is 2.38. The van der Waals surface area contributed by atoms with E-state index >= 15 is 0 Å². The van der Waals surface area contributed by atoms with E-state index in [2.05, 4.69) is 10.3 Å². The Hall–Kier alpha value is -2.48. The normalized spacial score (nSPS) is 14.8. The van der Waals surface area contributed by atoms with Gasteiger partial charge < -0.3 is 14.7 Å². The van der Waals surface area contributed by atoms with Gasteiger partial charge in [0.25, 0.3) is 5.56 Å². The molecule has 0 unspecified atom stereocenters. The van der Waals surface area contributed by atoms with Crippen LogP contribution < -0.4 is 10.3 Å². The highest BCUT2D eigenvalue weighted by molar-refractivity contribution is 8.14. The van der Waals surface area contributed by atoms with Crippen LogP contribution in [0.1, 0.15) is 40.4 Å². The minimum Gasteiger partial charge on any atom is -0.492 e. The van der Waals surface area contributed by atoms with Crippen molar-refractivity contribution >= 4 is 22.6 Å². The third-order valence-corrected chi connectivity index (χ3v) is 5.38. The van der Waals surface area contributed by atoms with Gasteiger partial charge in [-0.3, -0.25) is 14.3 Å². The molecule has 1 aliphatic rings. The third kappa shape index (κ3) is 3.16. The molecular formula is C18H21N3O4S. The first-order valence-corrected chi connectivity index (χ1v) is 9.17. The molecule has 1 aromatic carbocycles. The standard InChI is InChI=1S/C18H21N3O4S/c1-5-21-17(22)12(9-19-21)18(23)26-14-8-10(2)16-15(11(14)3)13(20-24-4)6-7-25-16/h8-9,19H,5-7H2,1-4H3. The average molecular weight is 375 g/mol. The SMILES string of the molecule is CCn1[nH]cc(C(=O)Sc2cc(C)c3c(c2C)C(=NOC)CCO3)c1=O. The van der Waals surface area contributed by atoms with Gasteiger partial charge in [0.15, 0.2) is 0 Å². The molecule has 7 nitrogen and oxygen atoms in total. The predicted molar refractivity (Wildman–Crippen MR) is 100 cm³/mol. The Morgan fingerprint density at radius 3 is 2.88 bits per heavy atom. The summed E-state index contributed by atoms with van der Waals surface area (Å²) in [6.45, 7) is 6.73. The monoisotopic (exact) mass is 375 g/mol. The van der Waals surface area contributed by atoms with E-state index in [0.29, 0.717) is 19.6 Å². The van der Waals surface area contributed by atoms with Crippen LogP contribution in [-0.2, 0) is 11.4 Å². The van der Waals surface area contributed by atoms with E-state index in [1.165, 1.54) is 18.0 Å². The van der Waals surface area contributed by atoms with Crippen LogP contribution in [-0.4, -0.2) is 34.3 Å². The van der Waals surface area contributed by atoms with Gasteiger partial charge in [-0.2, -0.15) is 0 Å². The maximum absolute atomic E-state index is 12.6. The quantitative estimate of drug-likeness (QED) is 0.656. The van der Waals surface area contributed by atoms with Crippen LogP contribution >= 0.6 is 11.8 Å². The van der Waals surface area contributed by atoms with E-state index < -0.39 is 0 Å². The molecule has 0 aliphatic carbocycles. The lowest BCUT2D eigenvalue weighted by atomic mass is 9.96. The Kier molecular flexibility index (Phi) is 5.22. The molecular weight excluding hydrogens is 354 g/mol. The van der Waals surface area contributed by atoms with E-state index in [1.54, 1.807) is 0 Å². The lowest BCUT2D eigenvalue weighted by Gasteiger charge is -2.24. The van der Waals surface area contributed by atoms with Gasteiger partial charge in [0.2, 0.25) is 5.12 Å². The van der Waals surface area contributed by atoms with Crippen molar-refractivity contribution in [2.24, 2.45) is 5.16 Å². The van der Waals surface area contributed by atoms with Crippen LogP contribution in [0, 0.1) is 13.8 Å². The van der Waals surface area contributed by atoms with Gasteiger partial charge in [0, 0.05) is 29.6 Å². The lowest BCUT2D eigenvalue weighted by Crippen LogP contribution is -2.20. The summed E-state index contributed by atoms with van der Waals surface area (Å²) < 4.78 is 7.20. The number of H-pyrrole nitrogens is 1. The summed E-state index contributed by atoms with van der Waals surface area (Å²) in [5.74, 6) is 0.774. The largest absolute Gasteiger partial charge is 0.492 e. The Morgan fingerprint density at radius 1 is 1.46 bits per heavy atom. The molecule has 1 aliphatic heterocycles. The van der Waals surface area contributed by atoms with Gasteiger partial charge in [-0.25, -0.2) is 0 Å². The fourth-order valence-corrected chi connectivity index (χ4v) is 3.97. The van der Waals surface area contributed by atoms with Gasteiger partial charge in [-0.1, -0.05) is 5.16 Å². The average Bonchev–Trinajstić information content (AvgIpc) is 3.00. The van der Waals surface area contributed by atoms with Crippen LogP contribution in [0.2, 0.25) is 0 Å².